The fraction of sp³-hybridized carbons (Fsp3) is 0.316. The van der Waals surface area contributed by atoms with Crippen LogP contribution in [0.5, 0.6) is 11.5 Å². The van der Waals surface area contributed by atoms with Gasteiger partial charge in [-0.25, -0.2) is 0 Å². The minimum atomic E-state index is -0.520. The third-order valence-corrected chi connectivity index (χ3v) is 3.58. The van der Waals surface area contributed by atoms with E-state index in [4.69, 9.17) is 9.47 Å². The second kappa shape index (κ2) is 8.22. The number of carbonyl (C=O) groups excluding carboxylic acids is 1. The van der Waals surface area contributed by atoms with E-state index in [1.807, 2.05) is 55.5 Å². The van der Waals surface area contributed by atoms with Gasteiger partial charge in [-0.1, -0.05) is 29.8 Å². The van der Waals surface area contributed by atoms with Gasteiger partial charge in [-0.2, -0.15) is 0 Å². The van der Waals surface area contributed by atoms with E-state index in [2.05, 4.69) is 5.32 Å². The molecule has 0 heterocycles. The van der Waals surface area contributed by atoms with Crippen molar-refractivity contribution in [3.8, 4) is 11.5 Å². The van der Waals surface area contributed by atoms with E-state index in [1.54, 1.807) is 14.0 Å². The molecule has 0 radical (unpaired) electrons. The number of ether oxygens (including phenoxy) is 2. The van der Waals surface area contributed by atoms with Crippen molar-refractivity contribution < 1.29 is 14.3 Å². The number of rotatable bonds is 7. The van der Waals surface area contributed by atoms with Crippen LogP contribution in [0.15, 0.2) is 48.5 Å². The van der Waals surface area contributed by atoms with Crippen molar-refractivity contribution in [2.45, 2.75) is 26.4 Å². The minimum Gasteiger partial charge on any atom is -0.497 e. The summed E-state index contributed by atoms with van der Waals surface area (Å²) in [7, 11) is 1.64. The van der Waals surface area contributed by atoms with Crippen LogP contribution in [0.2, 0.25) is 0 Å². The summed E-state index contributed by atoms with van der Waals surface area (Å²) in [4.78, 5) is 12.0. The first kappa shape index (κ1) is 16.9. The Morgan fingerprint density at radius 1 is 1.04 bits per heavy atom. The largest absolute Gasteiger partial charge is 0.497 e. The van der Waals surface area contributed by atoms with Gasteiger partial charge in [0.1, 0.15) is 11.5 Å². The topological polar surface area (TPSA) is 47.6 Å². The minimum absolute atomic E-state index is 0.112. The molecule has 1 unspecified atom stereocenters. The molecule has 0 spiro atoms. The van der Waals surface area contributed by atoms with Gasteiger partial charge in [0, 0.05) is 6.54 Å². The molecule has 122 valence electrons. The van der Waals surface area contributed by atoms with E-state index in [0.29, 0.717) is 12.3 Å². The quantitative estimate of drug-likeness (QED) is 0.854. The Balaban J connectivity index is 1.75. The van der Waals surface area contributed by atoms with Gasteiger partial charge in [-0.15, -0.1) is 0 Å². The number of methoxy groups -OCH3 is 1. The Morgan fingerprint density at radius 2 is 1.65 bits per heavy atom. The molecule has 0 aliphatic carbocycles. The Morgan fingerprint density at radius 3 is 2.26 bits per heavy atom. The van der Waals surface area contributed by atoms with Gasteiger partial charge >= 0.3 is 0 Å². The van der Waals surface area contributed by atoms with Gasteiger partial charge in [0.15, 0.2) is 6.10 Å². The Kier molecular flexibility index (Phi) is 6.03. The van der Waals surface area contributed by atoms with Gasteiger partial charge in [0.25, 0.3) is 5.91 Å². The van der Waals surface area contributed by atoms with Crippen LogP contribution in [-0.2, 0) is 11.2 Å². The molecule has 0 saturated heterocycles. The Hall–Kier alpha value is -2.49. The van der Waals surface area contributed by atoms with Crippen molar-refractivity contribution in [1.29, 1.82) is 0 Å². The maximum atomic E-state index is 12.0. The molecule has 2 aromatic carbocycles. The molecule has 0 aliphatic rings. The van der Waals surface area contributed by atoms with Crippen molar-refractivity contribution in [3.05, 3.63) is 59.7 Å². The summed E-state index contributed by atoms with van der Waals surface area (Å²) in [6.45, 7) is 4.34. The van der Waals surface area contributed by atoms with Gasteiger partial charge in [-0.3, -0.25) is 4.79 Å². The summed E-state index contributed by atoms with van der Waals surface area (Å²) < 4.78 is 10.8. The van der Waals surface area contributed by atoms with Crippen LogP contribution >= 0.6 is 0 Å². The number of nitrogens with one attached hydrogen (secondary N) is 1. The van der Waals surface area contributed by atoms with Crippen molar-refractivity contribution in [2.24, 2.45) is 0 Å². The molecule has 2 aromatic rings. The molecule has 0 aromatic heterocycles. The van der Waals surface area contributed by atoms with Crippen LogP contribution in [0.3, 0.4) is 0 Å². The Bertz CT molecular complexity index is 620. The number of aryl methyl sites for hydroxylation is 1. The van der Waals surface area contributed by atoms with Crippen LogP contribution in [0.1, 0.15) is 18.1 Å². The maximum Gasteiger partial charge on any atom is 0.260 e. The molecule has 4 heteroatoms. The average molecular weight is 313 g/mol. The lowest BCUT2D eigenvalue weighted by atomic mass is 10.1. The van der Waals surface area contributed by atoms with Gasteiger partial charge < -0.3 is 14.8 Å². The average Bonchev–Trinajstić information content (AvgIpc) is 2.57. The van der Waals surface area contributed by atoms with Crippen molar-refractivity contribution in [3.63, 3.8) is 0 Å². The molecule has 0 fully saturated rings. The monoisotopic (exact) mass is 313 g/mol. The lowest BCUT2D eigenvalue weighted by molar-refractivity contribution is -0.127. The zero-order valence-electron chi connectivity index (χ0n) is 13.8. The predicted octanol–water partition coefficient (Wildman–Crippen LogP) is 3.13. The highest BCUT2D eigenvalue weighted by Gasteiger charge is 2.13. The number of hydrogen-bond acceptors (Lipinski definition) is 3. The van der Waals surface area contributed by atoms with E-state index >= 15 is 0 Å². The standard InChI is InChI=1S/C19H23NO3/c1-14-4-8-18(9-5-14)23-15(2)19(21)20-13-12-16-6-10-17(22-3)11-7-16/h4-11,15H,12-13H2,1-3H3,(H,20,21). The molecule has 0 saturated carbocycles. The van der Waals surface area contributed by atoms with E-state index in [-0.39, 0.29) is 5.91 Å². The maximum absolute atomic E-state index is 12.0. The molecule has 1 N–H and O–H groups in total. The number of benzene rings is 2. The first-order valence-corrected chi connectivity index (χ1v) is 7.72. The molecular formula is C19H23NO3. The van der Waals surface area contributed by atoms with Crippen LogP contribution in [-0.4, -0.2) is 25.7 Å². The second-order valence-electron chi connectivity index (χ2n) is 5.46. The van der Waals surface area contributed by atoms with Gasteiger partial charge in [0.2, 0.25) is 0 Å². The summed E-state index contributed by atoms with van der Waals surface area (Å²) in [6, 6.07) is 15.5. The third-order valence-electron chi connectivity index (χ3n) is 3.58. The number of carbonyl (C=O) groups is 1. The number of amides is 1. The predicted molar refractivity (Wildman–Crippen MR) is 91.0 cm³/mol. The molecule has 2 rings (SSSR count). The highest BCUT2D eigenvalue weighted by atomic mass is 16.5. The van der Waals surface area contributed by atoms with Crippen LogP contribution < -0.4 is 14.8 Å². The van der Waals surface area contributed by atoms with Crippen molar-refractivity contribution in [1.82, 2.24) is 5.32 Å². The first-order chi connectivity index (χ1) is 11.1. The zero-order chi connectivity index (χ0) is 16.7. The van der Waals surface area contributed by atoms with Crippen molar-refractivity contribution >= 4 is 5.91 Å². The fourth-order valence-electron chi connectivity index (χ4n) is 2.14. The summed E-state index contributed by atoms with van der Waals surface area (Å²) >= 11 is 0. The fourth-order valence-corrected chi connectivity index (χ4v) is 2.14. The lowest BCUT2D eigenvalue weighted by Crippen LogP contribution is -2.37. The SMILES string of the molecule is COc1ccc(CCNC(=O)C(C)Oc2ccc(C)cc2)cc1. The van der Waals surface area contributed by atoms with E-state index < -0.39 is 6.10 Å². The van der Waals surface area contributed by atoms with Crippen molar-refractivity contribution in [2.75, 3.05) is 13.7 Å². The zero-order valence-corrected chi connectivity index (χ0v) is 13.8. The molecule has 0 bridgehead atoms. The summed E-state index contributed by atoms with van der Waals surface area (Å²) in [5.74, 6) is 1.42. The number of hydrogen-bond donors (Lipinski definition) is 1. The lowest BCUT2D eigenvalue weighted by Gasteiger charge is -2.15. The molecular weight excluding hydrogens is 290 g/mol. The molecule has 23 heavy (non-hydrogen) atoms. The Labute approximate surface area is 137 Å². The van der Waals surface area contributed by atoms with Crippen LogP contribution in [0, 0.1) is 6.92 Å². The second-order valence-corrected chi connectivity index (χ2v) is 5.46. The molecule has 4 nitrogen and oxygen atoms in total. The molecule has 0 aliphatic heterocycles. The molecule has 1 amide bonds. The highest BCUT2D eigenvalue weighted by Crippen LogP contribution is 2.13. The van der Waals surface area contributed by atoms with E-state index in [1.165, 1.54) is 0 Å². The summed E-state index contributed by atoms with van der Waals surface area (Å²) in [5, 5.41) is 2.90. The first-order valence-electron chi connectivity index (χ1n) is 7.72. The summed E-state index contributed by atoms with van der Waals surface area (Å²) in [6.07, 6.45) is 0.251. The van der Waals surface area contributed by atoms with Crippen LogP contribution in [0.4, 0.5) is 0 Å². The van der Waals surface area contributed by atoms with E-state index in [0.717, 1.165) is 23.3 Å². The summed E-state index contributed by atoms with van der Waals surface area (Å²) in [5.41, 5.74) is 2.31. The molecule has 1 atom stereocenters. The third kappa shape index (κ3) is 5.33. The van der Waals surface area contributed by atoms with Gasteiger partial charge in [-0.05, 0) is 50.1 Å². The van der Waals surface area contributed by atoms with E-state index in [9.17, 15) is 4.79 Å². The smallest absolute Gasteiger partial charge is 0.260 e. The highest BCUT2D eigenvalue weighted by molar-refractivity contribution is 5.80. The normalized spacial score (nSPS) is 11.6. The van der Waals surface area contributed by atoms with Gasteiger partial charge in [0.05, 0.1) is 7.11 Å². The van der Waals surface area contributed by atoms with Crippen LogP contribution in [0.25, 0.3) is 0 Å².